The van der Waals surface area contributed by atoms with E-state index in [1.807, 2.05) is 49.4 Å². The fourth-order valence-corrected chi connectivity index (χ4v) is 3.06. The first kappa shape index (κ1) is 16.9. The first-order valence-corrected chi connectivity index (χ1v) is 8.75. The maximum Gasteiger partial charge on any atom is 0.135 e. The molecule has 5 heteroatoms. The molecule has 3 aromatic rings. The van der Waals surface area contributed by atoms with Gasteiger partial charge in [0.15, 0.2) is 0 Å². The average Bonchev–Trinajstić information content (AvgIpc) is 3.50. The summed E-state index contributed by atoms with van der Waals surface area (Å²) < 4.78 is 22.4. The van der Waals surface area contributed by atoms with Crippen LogP contribution < -0.4 is 9.47 Å². The lowest BCUT2D eigenvalue weighted by Gasteiger charge is -2.18. The summed E-state index contributed by atoms with van der Waals surface area (Å²) in [4.78, 5) is 0. The molecule has 0 bridgehead atoms. The van der Waals surface area contributed by atoms with Gasteiger partial charge in [-0.15, -0.1) is 0 Å². The number of ether oxygens (including phenoxy) is 4. The van der Waals surface area contributed by atoms with Gasteiger partial charge in [-0.25, -0.2) is 0 Å². The molecule has 1 aliphatic heterocycles. The van der Waals surface area contributed by atoms with Crippen molar-refractivity contribution in [2.45, 2.75) is 19.1 Å². The van der Waals surface area contributed by atoms with Crippen molar-refractivity contribution in [3.05, 3.63) is 42.5 Å². The van der Waals surface area contributed by atoms with Crippen molar-refractivity contribution in [3.8, 4) is 17.2 Å². The summed E-state index contributed by atoms with van der Waals surface area (Å²) in [5, 5.41) is 13.9. The van der Waals surface area contributed by atoms with E-state index in [4.69, 9.17) is 18.9 Å². The third kappa shape index (κ3) is 3.28. The van der Waals surface area contributed by atoms with Crippen molar-refractivity contribution in [3.63, 3.8) is 0 Å². The van der Waals surface area contributed by atoms with Crippen molar-refractivity contribution < 1.29 is 24.1 Å². The molecule has 2 atom stereocenters. The molecule has 1 saturated heterocycles. The van der Waals surface area contributed by atoms with Gasteiger partial charge in [-0.05, 0) is 25.1 Å². The molecule has 3 aromatic carbocycles. The lowest BCUT2D eigenvalue weighted by Crippen LogP contribution is -2.20. The number of phenols is 1. The van der Waals surface area contributed by atoms with Gasteiger partial charge in [-0.3, -0.25) is 0 Å². The Bertz CT molecular complexity index is 932. The van der Waals surface area contributed by atoms with E-state index in [1.54, 1.807) is 7.11 Å². The lowest BCUT2D eigenvalue weighted by atomic mass is 10.0. The number of aromatic hydroxyl groups is 1. The Labute approximate surface area is 152 Å². The predicted molar refractivity (Wildman–Crippen MR) is 100 cm³/mol. The highest BCUT2D eigenvalue weighted by atomic mass is 16.6. The fraction of sp³-hybridized carbons (Fsp3) is 0.333. The van der Waals surface area contributed by atoms with Gasteiger partial charge in [0.05, 0.1) is 26.4 Å². The second kappa shape index (κ2) is 7.02. The predicted octanol–water partition coefficient (Wildman–Crippen LogP) is 3.89. The normalized spacial score (nSPS) is 17.4. The maximum absolute atomic E-state index is 10.7. The molecule has 2 unspecified atom stereocenters. The Morgan fingerprint density at radius 1 is 1.12 bits per heavy atom. The molecule has 0 radical (unpaired) electrons. The van der Waals surface area contributed by atoms with Gasteiger partial charge in [-0.1, -0.05) is 24.3 Å². The van der Waals surface area contributed by atoms with Crippen molar-refractivity contribution in [1.82, 2.24) is 0 Å². The van der Waals surface area contributed by atoms with E-state index in [1.165, 1.54) is 0 Å². The van der Waals surface area contributed by atoms with Crippen molar-refractivity contribution >= 4 is 21.5 Å². The quantitative estimate of drug-likeness (QED) is 0.515. The number of benzene rings is 3. The highest BCUT2D eigenvalue weighted by Crippen LogP contribution is 2.43. The van der Waals surface area contributed by atoms with E-state index < -0.39 is 0 Å². The molecular weight excluding hydrogens is 332 g/mol. The number of hydrogen-bond donors (Lipinski definition) is 1. The molecule has 26 heavy (non-hydrogen) atoms. The topological polar surface area (TPSA) is 60.5 Å². The zero-order chi connectivity index (χ0) is 18.1. The zero-order valence-electron chi connectivity index (χ0n) is 14.9. The smallest absolute Gasteiger partial charge is 0.135 e. The Morgan fingerprint density at radius 2 is 1.85 bits per heavy atom. The average molecular weight is 354 g/mol. The van der Waals surface area contributed by atoms with Gasteiger partial charge >= 0.3 is 0 Å². The minimum Gasteiger partial charge on any atom is -0.507 e. The Morgan fingerprint density at radius 3 is 2.58 bits per heavy atom. The number of epoxide rings is 1. The van der Waals surface area contributed by atoms with Gasteiger partial charge in [-0.2, -0.15) is 0 Å². The first-order chi connectivity index (χ1) is 12.7. The third-order valence-corrected chi connectivity index (χ3v) is 4.58. The summed E-state index contributed by atoms with van der Waals surface area (Å²) in [6.07, 6.45) is 0.181. The number of phenolic OH excluding ortho intramolecular Hbond substituents is 1. The SMILES string of the molecule is COc1ccc2c(OCC(C)OCC3CO3)c3ccccc3c(O)c2c1. The van der Waals surface area contributed by atoms with E-state index in [9.17, 15) is 5.11 Å². The maximum atomic E-state index is 10.7. The van der Waals surface area contributed by atoms with Crippen LogP contribution in [0.2, 0.25) is 0 Å². The van der Waals surface area contributed by atoms with Crippen molar-refractivity contribution in [2.75, 3.05) is 26.9 Å². The summed E-state index contributed by atoms with van der Waals surface area (Å²) in [6, 6.07) is 13.3. The number of methoxy groups -OCH3 is 1. The van der Waals surface area contributed by atoms with Crippen LogP contribution in [0.15, 0.2) is 42.5 Å². The highest BCUT2D eigenvalue weighted by Gasteiger charge is 2.23. The first-order valence-electron chi connectivity index (χ1n) is 8.75. The summed E-state index contributed by atoms with van der Waals surface area (Å²) in [7, 11) is 1.61. The lowest BCUT2D eigenvalue weighted by molar-refractivity contribution is 0.0248. The molecule has 0 spiro atoms. The Hall–Kier alpha value is -2.50. The molecule has 0 aromatic heterocycles. The van der Waals surface area contributed by atoms with Gasteiger partial charge in [0.25, 0.3) is 0 Å². The Balaban J connectivity index is 1.71. The molecule has 1 N–H and O–H groups in total. The van der Waals surface area contributed by atoms with Crippen LogP contribution in [-0.4, -0.2) is 44.2 Å². The standard InChI is InChI=1S/C21H22O5/c1-13(24-11-15-12-25-15)10-26-21-17-6-4-3-5-16(17)20(22)19-9-14(23-2)7-8-18(19)21/h3-9,13,15,22H,10-12H2,1-2H3. The molecule has 5 nitrogen and oxygen atoms in total. The molecule has 0 amide bonds. The summed E-state index contributed by atoms with van der Waals surface area (Å²) in [5.74, 6) is 1.67. The Kier molecular flexibility index (Phi) is 4.57. The molecular formula is C21H22O5. The van der Waals surface area contributed by atoms with Crippen LogP contribution in [0.5, 0.6) is 17.2 Å². The van der Waals surface area contributed by atoms with Crippen LogP contribution in [0.25, 0.3) is 21.5 Å². The van der Waals surface area contributed by atoms with Crippen LogP contribution in [0, 0.1) is 0 Å². The van der Waals surface area contributed by atoms with Gasteiger partial charge in [0.1, 0.15) is 30.0 Å². The van der Waals surface area contributed by atoms with Gasteiger partial charge in [0.2, 0.25) is 0 Å². The van der Waals surface area contributed by atoms with Crippen molar-refractivity contribution in [1.29, 1.82) is 0 Å². The molecule has 1 fully saturated rings. The zero-order valence-corrected chi connectivity index (χ0v) is 14.9. The van der Waals surface area contributed by atoms with Crippen LogP contribution in [-0.2, 0) is 9.47 Å². The van der Waals surface area contributed by atoms with E-state index in [-0.39, 0.29) is 18.0 Å². The molecule has 1 aliphatic rings. The van der Waals surface area contributed by atoms with E-state index in [2.05, 4.69) is 0 Å². The fourth-order valence-electron chi connectivity index (χ4n) is 3.06. The highest BCUT2D eigenvalue weighted by molar-refractivity contribution is 6.11. The van der Waals surface area contributed by atoms with E-state index >= 15 is 0 Å². The van der Waals surface area contributed by atoms with Crippen LogP contribution in [0.4, 0.5) is 0 Å². The summed E-state index contributed by atoms with van der Waals surface area (Å²) >= 11 is 0. The molecule has 0 aliphatic carbocycles. The van der Waals surface area contributed by atoms with Gasteiger partial charge in [0, 0.05) is 21.5 Å². The molecule has 4 rings (SSSR count). The number of fused-ring (bicyclic) bond motifs is 2. The second-order valence-corrected chi connectivity index (χ2v) is 6.55. The van der Waals surface area contributed by atoms with Gasteiger partial charge < -0.3 is 24.1 Å². The van der Waals surface area contributed by atoms with Crippen LogP contribution >= 0.6 is 0 Å². The van der Waals surface area contributed by atoms with Crippen molar-refractivity contribution in [2.24, 2.45) is 0 Å². The molecule has 136 valence electrons. The van der Waals surface area contributed by atoms with E-state index in [0.29, 0.717) is 24.3 Å². The monoisotopic (exact) mass is 354 g/mol. The largest absolute Gasteiger partial charge is 0.507 e. The summed E-state index contributed by atoms with van der Waals surface area (Å²) in [6.45, 7) is 3.78. The third-order valence-electron chi connectivity index (χ3n) is 4.58. The second-order valence-electron chi connectivity index (χ2n) is 6.55. The number of rotatable bonds is 7. The minimum absolute atomic E-state index is 0.0555. The summed E-state index contributed by atoms with van der Waals surface area (Å²) in [5.41, 5.74) is 0. The number of hydrogen-bond acceptors (Lipinski definition) is 5. The minimum atomic E-state index is -0.0555. The van der Waals surface area contributed by atoms with E-state index in [0.717, 1.165) is 28.5 Å². The van der Waals surface area contributed by atoms with Crippen LogP contribution in [0.1, 0.15) is 6.92 Å². The molecule has 1 heterocycles. The molecule has 0 saturated carbocycles. The van der Waals surface area contributed by atoms with Crippen LogP contribution in [0.3, 0.4) is 0 Å².